The summed E-state index contributed by atoms with van der Waals surface area (Å²) in [6, 6.07) is 0. The van der Waals surface area contributed by atoms with Gasteiger partial charge in [-0.05, 0) is 51.1 Å². The van der Waals surface area contributed by atoms with Gasteiger partial charge in [-0.1, -0.05) is 0 Å². The third kappa shape index (κ3) is 4.25. The molecule has 1 N–H and O–H groups in total. The van der Waals surface area contributed by atoms with Gasteiger partial charge >= 0.3 is 0 Å². The minimum atomic E-state index is 0.261. The zero-order chi connectivity index (χ0) is 12.8. The summed E-state index contributed by atoms with van der Waals surface area (Å²) in [7, 11) is 1.91. The van der Waals surface area contributed by atoms with Crippen LogP contribution in [0.4, 0.5) is 0 Å². The number of piperidine rings is 1. The first-order chi connectivity index (χ1) is 8.75. The second-order valence-corrected chi connectivity index (χ2v) is 5.68. The van der Waals surface area contributed by atoms with Crippen LogP contribution in [-0.4, -0.2) is 50.2 Å². The van der Waals surface area contributed by atoms with Crippen LogP contribution >= 0.6 is 0 Å². The van der Waals surface area contributed by atoms with E-state index in [2.05, 4.69) is 5.32 Å². The Morgan fingerprint density at radius 2 is 2.22 bits per heavy atom. The van der Waals surface area contributed by atoms with Crippen LogP contribution in [0.15, 0.2) is 0 Å². The number of hydrogen-bond donors (Lipinski definition) is 1. The predicted octanol–water partition coefficient (Wildman–Crippen LogP) is 1.40. The van der Waals surface area contributed by atoms with Crippen LogP contribution in [0.5, 0.6) is 0 Å². The van der Waals surface area contributed by atoms with Crippen LogP contribution in [0.3, 0.4) is 0 Å². The average molecular weight is 254 g/mol. The highest BCUT2D eigenvalue weighted by Crippen LogP contribution is 2.17. The van der Waals surface area contributed by atoms with E-state index in [0.717, 1.165) is 32.7 Å². The quantitative estimate of drug-likeness (QED) is 0.824. The molecule has 1 amide bonds. The van der Waals surface area contributed by atoms with E-state index in [1.165, 1.54) is 25.7 Å². The lowest BCUT2D eigenvalue weighted by Crippen LogP contribution is -2.39. The molecule has 2 aliphatic rings. The summed E-state index contributed by atoms with van der Waals surface area (Å²) in [5.74, 6) is 0.804. The van der Waals surface area contributed by atoms with Crippen LogP contribution in [0.1, 0.15) is 38.5 Å². The number of carbonyl (C=O) groups excluding carboxylic acids is 1. The molecule has 2 atom stereocenters. The molecule has 4 nitrogen and oxygen atoms in total. The fourth-order valence-corrected chi connectivity index (χ4v) is 2.86. The van der Waals surface area contributed by atoms with Gasteiger partial charge in [-0.2, -0.15) is 0 Å². The van der Waals surface area contributed by atoms with Crippen molar-refractivity contribution in [2.75, 3.05) is 33.3 Å². The number of amides is 1. The second kappa shape index (κ2) is 7.10. The molecule has 0 aliphatic carbocycles. The van der Waals surface area contributed by atoms with Crippen molar-refractivity contribution in [2.45, 2.75) is 44.6 Å². The van der Waals surface area contributed by atoms with E-state index in [1.54, 1.807) is 0 Å². The molecule has 2 heterocycles. The molecule has 104 valence electrons. The van der Waals surface area contributed by atoms with Crippen molar-refractivity contribution >= 4 is 5.91 Å². The Kier molecular flexibility index (Phi) is 5.45. The van der Waals surface area contributed by atoms with E-state index in [1.807, 2.05) is 11.9 Å². The molecule has 0 bridgehead atoms. The summed E-state index contributed by atoms with van der Waals surface area (Å²) in [5, 5.41) is 3.37. The first-order valence-corrected chi connectivity index (χ1v) is 7.32. The zero-order valence-corrected chi connectivity index (χ0v) is 11.5. The molecule has 0 saturated carbocycles. The fraction of sp³-hybridized carbons (Fsp3) is 0.929. The fourth-order valence-electron chi connectivity index (χ4n) is 2.86. The molecule has 4 heteroatoms. The Labute approximate surface area is 110 Å². The van der Waals surface area contributed by atoms with Crippen molar-refractivity contribution in [3.63, 3.8) is 0 Å². The van der Waals surface area contributed by atoms with Crippen molar-refractivity contribution < 1.29 is 9.53 Å². The summed E-state index contributed by atoms with van der Waals surface area (Å²) >= 11 is 0. The number of carbonyl (C=O) groups is 1. The Morgan fingerprint density at radius 1 is 1.33 bits per heavy atom. The molecule has 0 aromatic carbocycles. The minimum absolute atomic E-state index is 0.261. The molecule has 0 radical (unpaired) electrons. The number of rotatable bonds is 4. The molecule has 0 spiro atoms. The minimum Gasteiger partial charge on any atom is -0.376 e. The molecule has 18 heavy (non-hydrogen) atoms. The summed E-state index contributed by atoms with van der Waals surface area (Å²) in [6.45, 7) is 3.73. The van der Waals surface area contributed by atoms with E-state index in [4.69, 9.17) is 4.74 Å². The third-order valence-electron chi connectivity index (χ3n) is 4.04. The largest absolute Gasteiger partial charge is 0.376 e. The van der Waals surface area contributed by atoms with Gasteiger partial charge in [0.1, 0.15) is 0 Å². The van der Waals surface area contributed by atoms with Gasteiger partial charge in [0.05, 0.1) is 6.10 Å². The van der Waals surface area contributed by atoms with Crippen LogP contribution in [-0.2, 0) is 9.53 Å². The lowest BCUT2D eigenvalue weighted by Gasteiger charge is -2.29. The molecule has 2 saturated heterocycles. The monoisotopic (exact) mass is 254 g/mol. The van der Waals surface area contributed by atoms with Gasteiger partial charge in [-0.15, -0.1) is 0 Å². The predicted molar refractivity (Wildman–Crippen MR) is 71.4 cm³/mol. The van der Waals surface area contributed by atoms with Gasteiger partial charge in [0.25, 0.3) is 0 Å². The lowest BCUT2D eigenvalue weighted by atomic mass is 9.95. The van der Waals surface area contributed by atoms with Crippen LogP contribution in [0.2, 0.25) is 0 Å². The number of nitrogens with one attached hydrogen (secondary N) is 1. The molecule has 2 unspecified atom stereocenters. The highest BCUT2D eigenvalue weighted by molar-refractivity contribution is 5.76. The van der Waals surface area contributed by atoms with Crippen LogP contribution in [0, 0.1) is 5.92 Å². The maximum atomic E-state index is 12.1. The first kappa shape index (κ1) is 13.8. The summed E-state index contributed by atoms with van der Waals surface area (Å²) < 4.78 is 5.68. The second-order valence-electron chi connectivity index (χ2n) is 5.68. The van der Waals surface area contributed by atoms with Crippen molar-refractivity contribution in [1.82, 2.24) is 10.2 Å². The SMILES string of the molecule is CN(CC1CCCCO1)C(=O)CC1CCCNC1. The molecule has 2 aliphatic heterocycles. The Morgan fingerprint density at radius 3 is 2.89 bits per heavy atom. The summed E-state index contributed by atoms with van der Waals surface area (Å²) in [5.41, 5.74) is 0. The number of hydrogen-bond acceptors (Lipinski definition) is 3. The van der Waals surface area contributed by atoms with Crippen LogP contribution in [0.25, 0.3) is 0 Å². The van der Waals surface area contributed by atoms with Crippen molar-refractivity contribution in [1.29, 1.82) is 0 Å². The van der Waals surface area contributed by atoms with Gasteiger partial charge in [0.2, 0.25) is 5.91 Å². The maximum absolute atomic E-state index is 12.1. The van der Waals surface area contributed by atoms with Crippen molar-refractivity contribution in [3.05, 3.63) is 0 Å². The maximum Gasteiger partial charge on any atom is 0.222 e. The summed E-state index contributed by atoms with van der Waals surface area (Å²) in [4.78, 5) is 14.0. The molecule has 2 rings (SSSR count). The van der Waals surface area contributed by atoms with Gasteiger partial charge in [-0.3, -0.25) is 4.79 Å². The smallest absolute Gasteiger partial charge is 0.222 e. The van der Waals surface area contributed by atoms with E-state index >= 15 is 0 Å². The van der Waals surface area contributed by atoms with Gasteiger partial charge in [0, 0.05) is 26.6 Å². The molecule has 0 aromatic heterocycles. The first-order valence-electron chi connectivity index (χ1n) is 7.32. The normalized spacial score (nSPS) is 28.9. The summed E-state index contributed by atoms with van der Waals surface area (Å²) in [6.07, 6.45) is 6.84. The topological polar surface area (TPSA) is 41.6 Å². The van der Waals surface area contributed by atoms with Gasteiger partial charge < -0.3 is 15.0 Å². The van der Waals surface area contributed by atoms with Crippen molar-refractivity contribution in [2.24, 2.45) is 5.92 Å². The van der Waals surface area contributed by atoms with Gasteiger partial charge in [0.15, 0.2) is 0 Å². The average Bonchev–Trinajstić information content (AvgIpc) is 2.41. The molecule has 0 aromatic rings. The highest BCUT2D eigenvalue weighted by Gasteiger charge is 2.22. The molecular formula is C14H26N2O2. The van der Waals surface area contributed by atoms with Crippen LogP contribution < -0.4 is 5.32 Å². The Bertz CT molecular complexity index is 259. The third-order valence-corrected chi connectivity index (χ3v) is 4.04. The highest BCUT2D eigenvalue weighted by atomic mass is 16.5. The number of ether oxygens (including phenoxy) is 1. The lowest BCUT2D eigenvalue weighted by molar-refractivity contribution is -0.133. The standard InChI is InChI=1S/C14H26N2O2/c1-16(11-13-6-2-3-8-18-13)14(17)9-12-5-4-7-15-10-12/h12-13,15H,2-11H2,1H3. The van der Waals surface area contributed by atoms with Crippen molar-refractivity contribution in [3.8, 4) is 0 Å². The zero-order valence-electron chi connectivity index (χ0n) is 11.5. The van der Waals surface area contributed by atoms with E-state index in [-0.39, 0.29) is 12.0 Å². The Balaban J connectivity index is 1.69. The number of likely N-dealkylation sites (N-methyl/N-ethyl adjacent to an activating group) is 1. The van der Waals surface area contributed by atoms with E-state index in [0.29, 0.717) is 12.3 Å². The van der Waals surface area contributed by atoms with E-state index < -0.39 is 0 Å². The molecular weight excluding hydrogens is 228 g/mol. The van der Waals surface area contributed by atoms with E-state index in [9.17, 15) is 4.79 Å². The number of nitrogens with zero attached hydrogens (tertiary/aromatic N) is 1. The van der Waals surface area contributed by atoms with Gasteiger partial charge in [-0.25, -0.2) is 0 Å². The Hall–Kier alpha value is -0.610. The molecule has 2 fully saturated rings.